The molecule has 156 valence electrons. The first-order valence-electron chi connectivity index (χ1n) is 12.1. The van der Waals surface area contributed by atoms with E-state index in [-0.39, 0.29) is 0 Å². The molecule has 0 aliphatic heterocycles. The summed E-state index contributed by atoms with van der Waals surface area (Å²) >= 11 is 4.39. The van der Waals surface area contributed by atoms with Gasteiger partial charge in [-0.25, -0.2) is 0 Å². The van der Waals surface area contributed by atoms with Crippen LogP contribution >= 0.6 is 12.6 Å². The smallest absolute Gasteiger partial charge is 0.107 e. The fourth-order valence-corrected chi connectivity index (χ4v) is 4.98. The third-order valence-electron chi connectivity index (χ3n) is 6.27. The standard InChI is InChI=1S/C24H48OS/c1-2-3-4-5-6-7-8-9-10-11-12-13-14-15-16-17-19-23-20-18-21-24(25,26)22-23/h23,25-26H,2-22H2,1H3. The number of unbranched alkanes of at least 4 members (excludes halogenated alkanes) is 15. The van der Waals surface area contributed by atoms with Crippen LogP contribution in [0.4, 0.5) is 0 Å². The van der Waals surface area contributed by atoms with Crippen molar-refractivity contribution in [3.63, 3.8) is 0 Å². The van der Waals surface area contributed by atoms with Crippen LogP contribution in [0.1, 0.15) is 142 Å². The highest BCUT2D eigenvalue weighted by atomic mass is 32.1. The zero-order valence-electron chi connectivity index (χ0n) is 17.8. The number of rotatable bonds is 17. The predicted molar refractivity (Wildman–Crippen MR) is 120 cm³/mol. The molecule has 0 aromatic carbocycles. The van der Waals surface area contributed by atoms with E-state index < -0.39 is 4.93 Å². The van der Waals surface area contributed by atoms with Crippen LogP contribution in [0, 0.1) is 5.92 Å². The lowest BCUT2D eigenvalue weighted by Crippen LogP contribution is -2.29. The lowest BCUT2D eigenvalue weighted by atomic mass is 9.83. The molecule has 0 spiro atoms. The molecule has 2 heteroatoms. The minimum Gasteiger partial charge on any atom is -0.380 e. The number of hydrogen-bond donors (Lipinski definition) is 2. The van der Waals surface area contributed by atoms with Gasteiger partial charge in [0.05, 0.1) is 0 Å². The summed E-state index contributed by atoms with van der Waals surface area (Å²) in [5, 5.41) is 10.0. The van der Waals surface area contributed by atoms with Crippen LogP contribution in [-0.4, -0.2) is 10.0 Å². The Labute approximate surface area is 170 Å². The van der Waals surface area contributed by atoms with Crippen molar-refractivity contribution in [1.29, 1.82) is 0 Å². The zero-order chi connectivity index (χ0) is 18.9. The van der Waals surface area contributed by atoms with Gasteiger partial charge in [0.1, 0.15) is 4.93 Å². The monoisotopic (exact) mass is 384 g/mol. The second kappa shape index (κ2) is 16.3. The van der Waals surface area contributed by atoms with Crippen LogP contribution in [0.2, 0.25) is 0 Å². The molecule has 0 aromatic heterocycles. The molecule has 26 heavy (non-hydrogen) atoms. The van der Waals surface area contributed by atoms with E-state index in [0.717, 1.165) is 25.2 Å². The maximum absolute atomic E-state index is 10.0. The molecule has 1 N–H and O–H groups in total. The van der Waals surface area contributed by atoms with E-state index in [1.165, 1.54) is 116 Å². The molecule has 0 aromatic rings. The van der Waals surface area contributed by atoms with E-state index in [0.29, 0.717) is 0 Å². The molecule has 0 heterocycles. The van der Waals surface area contributed by atoms with Gasteiger partial charge in [0.25, 0.3) is 0 Å². The van der Waals surface area contributed by atoms with Gasteiger partial charge >= 0.3 is 0 Å². The van der Waals surface area contributed by atoms with Crippen molar-refractivity contribution in [3.05, 3.63) is 0 Å². The summed E-state index contributed by atoms with van der Waals surface area (Å²) in [5.74, 6) is 0.720. The molecular formula is C24H48OS. The van der Waals surface area contributed by atoms with Crippen LogP contribution < -0.4 is 0 Å². The van der Waals surface area contributed by atoms with E-state index in [9.17, 15) is 5.11 Å². The molecule has 0 bridgehead atoms. The molecule has 1 fully saturated rings. The second-order valence-corrected chi connectivity index (χ2v) is 9.87. The van der Waals surface area contributed by atoms with Crippen molar-refractivity contribution in [1.82, 2.24) is 0 Å². The largest absolute Gasteiger partial charge is 0.380 e. The Balaban J connectivity index is 1.73. The van der Waals surface area contributed by atoms with Crippen molar-refractivity contribution in [2.45, 2.75) is 147 Å². The molecule has 1 saturated carbocycles. The van der Waals surface area contributed by atoms with Gasteiger partial charge in [-0.3, -0.25) is 0 Å². The normalized spacial score (nSPS) is 23.4. The molecule has 0 radical (unpaired) electrons. The second-order valence-electron chi connectivity index (χ2n) is 9.04. The maximum atomic E-state index is 10.0. The van der Waals surface area contributed by atoms with Crippen molar-refractivity contribution in [3.8, 4) is 0 Å². The number of hydrogen-bond acceptors (Lipinski definition) is 2. The van der Waals surface area contributed by atoms with Gasteiger partial charge < -0.3 is 5.11 Å². The highest BCUT2D eigenvalue weighted by molar-refractivity contribution is 7.81. The predicted octanol–water partition coefficient (Wildman–Crippen LogP) is 8.45. The van der Waals surface area contributed by atoms with Crippen LogP contribution in [0.5, 0.6) is 0 Å². The highest BCUT2D eigenvalue weighted by Crippen LogP contribution is 2.37. The third-order valence-corrected chi connectivity index (χ3v) is 6.68. The lowest BCUT2D eigenvalue weighted by molar-refractivity contribution is 0.0672. The van der Waals surface area contributed by atoms with Gasteiger partial charge in [0.2, 0.25) is 0 Å². The van der Waals surface area contributed by atoms with Gasteiger partial charge in [-0.1, -0.05) is 122 Å². The molecule has 2 atom stereocenters. The first kappa shape index (κ1) is 24.3. The van der Waals surface area contributed by atoms with Crippen molar-refractivity contribution < 1.29 is 5.11 Å². The topological polar surface area (TPSA) is 20.2 Å². The maximum Gasteiger partial charge on any atom is 0.107 e. The fraction of sp³-hybridized carbons (Fsp3) is 1.00. The average Bonchev–Trinajstić information content (AvgIpc) is 2.60. The summed E-state index contributed by atoms with van der Waals surface area (Å²) in [7, 11) is 0. The van der Waals surface area contributed by atoms with Crippen molar-refractivity contribution >= 4 is 12.6 Å². The molecule has 2 unspecified atom stereocenters. The Bertz CT molecular complexity index is 303. The molecule has 0 saturated heterocycles. The number of aliphatic hydroxyl groups is 1. The third kappa shape index (κ3) is 14.4. The minimum atomic E-state index is -0.669. The minimum absolute atomic E-state index is 0.669. The SMILES string of the molecule is CCCCCCCCCCCCCCCCCCC1CCCC(O)(S)C1. The molecular weight excluding hydrogens is 336 g/mol. The number of thiol groups is 1. The van der Waals surface area contributed by atoms with Gasteiger partial charge in [-0.05, 0) is 25.2 Å². The van der Waals surface area contributed by atoms with Crippen LogP contribution in [0.3, 0.4) is 0 Å². The molecule has 1 rings (SSSR count). The molecule has 1 aliphatic carbocycles. The summed E-state index contributed by atoms with van der Waals surface area (Å²) in [6.45, 7) is 2.29. The van der Waals surface area contributed by atoms with Crippen LogP contribution in [-0.2, 0) is 0 Å². The fourth-order valence-electron chi connectivity index (χ4n) is 4.57. The summed E-state index contributed by atoms with van der Waals surface area (Å²) in [6, 6.07) is 0. The van der Waals surface area contributed by atoms with E-state index in [1.54, 1.807) is 0 Å². The Morgan fingerprint density at radius 2 is 1.15 bits per heavy atom. The summed E-state index contributed by atoms with van der Waals surface area (Å²) < 4.78 is 0. The first-order valence-corrected chi connectivity index (χ1v) is 12.5. The summed E-state index contributed by atoms with van der Waals surface area (Å²) in [4.78, 5) is -0.669. The van der Waals surface area contributed by atoms with E-state index in [1.807, 2.05) is 0 Å². The van der Waals surface area contributed by atoms with Crippen LogP contribution in [0.25, 0.3) is 0 Å². The summed E-state index contributed by atoms with van der Waals surface area (Å²) in [5.41, 5.74) is 0. The average molecular weight is 385 g/mol. The summed E-state index contributed by atoms with van der Waals surface area (Å²) in [6.07, 6.45) is 28.5. The van der Waals surface area contributed by atoms with E-state index in [2.05, 4.69) is 19.6 Å². The Hall–Kier alpha value is 0.310. The van der Waals surface area contributed by atoms with E-state index >= 15 is 0 Å². The van der Waals surface area contributed by atoms with Gasteiger partial charge in [-0.2, -0.15) is 0 Å². The van der Waals surface area contributed by atoms with E-state index in [4.69, 9.17) is 0 Å². The highest BCUT2D eigenvalue weighted by Gasteiger charge is 2.30. The quantitative estimate of drug-likeness (QED) is 0.146. The van der Waals surface area contributed by atoms with Gasteiger partial charge in [-0.15, -0.1) is 12.6 Å². The Kier molecular flexibility index (Phi) is 15.2. The lowest BCUT2D eigenvalue weighted by Gasteiger charge is -2.33. The van der Waals surface area contributed by atoms with Crippen molar-refractivity contribution in [2.75, 3.05) is 0 Å². The van der Waals surface area contributed by atoms with Crippen molar-refractivity contribution in [2.24, 2.45) is 5.92 Å². The molecule has 1 aliphatic rings. The first-order chi connectivity index (χ1) is 12.6. The van der Waals surface area contributed by atoms with Gasteiger partial charge in [0.15, 0.2) is 0 Å². The Morgan fingerprint density at radius 3 is 1.58 bits per heavy atom. The Morgan fingerprint density at radius 1 is 0.731 bits per heavy atom. The molecule has 0 amide bonds. The van der Waals surface area contributed by atoms with Crippen LogP contribution in [0.15, 0.2) is 0 Å². The van der Waals surface area contributed by atoms with Gasteiger partial charge in [0, 0.05) is 0 Å². The molecule has 1 nitrogen and oxygen atoms in total. The zero-order valence-corrected chi connectivity index (χ0v) is 18.7.